The first-order valence-electron chi connectivity index (χ1n) is 6.38. The summed E-state index contributed by atoms with van der Waals surface area (Å²) in [6.07, 6.45) is 0.591. The number of anilines is 1. The van der Waals surface area contributed by atoms with Crippen molar-refractivity contribution in [1.29, 1.82) is 0 Å². The molecular weight excluding hydrogens is 283 g/mol. The summed E-state index contributed by atoms with van der Waals surface area (Å²) in [6, 6.07) is 1.07. The van der Waals surface area contributed by atoms with E-state index in [4.69, 9.17) is 4.74 Å². The smallest absolute Gasteiger partial charge is 0.326 e. The van der Waals surface area contributed by atoms with Crippen LogP contribution in [0.4, 0.5) is 15.8 Å². The van der Waals surface area contributed by atoms with E-state index < -0.39 is 28.4 Å². The normalized spacial score (nSPS) is 21.4. The summed E-state index contributed by atoms with van der Waals surface area (Å²) in [7, 11) is 1.25. The number of carboxylic acids is 1. The molecule has 0 spiro atoms. The third kappa shape index (κ3) is 2.61. The van der Waals surface area contributed by atoms with Crippen molar-refractivity contribution in [2.24, 2.45) is 5.92 Å². The second kappa shape index (κ2) is 5.55. The largest absolute Gasteiger partial charge is 0.494 e. The van der Waals surface area contributed by atoms with Crippen LogP contribution in [-0.4, -0.2) is 35.7 Å². The average Bonchev–Trinajstić information content (AvgIpc) is 2.80. The molecule has 21 heavy (non-hydrogen) atoms. The van der Waals surface area contributed by atoms with E-state index in [-0.39, 0.29) is 17.4 Å². The van der Waals surface area contributed by atoms with Crippen LogP contribution in [0.3, 0.4) is 0 Å². The van der Waals surface area contributed by atoms with Gasteiger partial charge < -0.3 is 14.7 Å². The van der Waals surface area contributed by atoms with Gasteiger partial charge >= 0.3 is 5.97 Å². The SMILES string of the molecule is COc1cc(N2CCC(C)C2C(=O)O)c([N+](=O)[O-])cc1F. The van der Waals surface area contributed by atoms with E-state index in [0.717, 1.165) is 6.07 Å². The minimum atomic E-state index is -1.06. The van der Waals surface area contributed by atoms with E-state index in [2.05, 4.69) is 0 Å². The molecule has 0 aliphatic carbocycles. The molecule has 1 aromatic rings. The molecule has 1 saturated heterocycles. The summed E-state index contributed by atoms with van der Waals surface area (Å²) in [6.45, 7) is 2.12. The van der Waals surface area contributed by atoms with Gasteiger partial charge in [0.2, 0.25) is 0 Å². The Morgan fingerprint density at radius 2 is 2.24 bits per heavy atom. The van der Waals surface area contributed by atoms with E-state index in [9.17, 15) is 24.4 Å². The van der Waals surface area contributed by atoms with Gasteiger partial charge in [0.1, 0.15) is 11.7 Å². The molecule has 0 saturated carbocycles. The summed E-state index contributed by atoms with van der Waals surface area (Å²) in [5, 5.41) is 20.4. The summed E-state index contributed by atoms with van der Waals surface area (Å²) in [5.41, 5.74) is -0.399. The zero-order valence-corrected chi connectivity index (χ0v) is 11.6. The molecule has 0 radical (unpaired) electrons. The van der Waals surface area contributed by atoms with Crippen molar-refractivity contribution in [2.75, 3.05) is 18.6 Å². The third-order valence-electron chi connectivity index (χ3n) is 3.71. The first-order chi connectivity index (χ1) is 9.86. The van der Waals surface area contributed by atoms with Crippen molar-refractivity contribution in [3.63, 3.8) is 0 Å². The fourth-order valence-corrected chi connectivity index (χ4v) is 2.66. The van der Waals surface area contributed by atoms with Crippen LogP contribution < -0.4 is 9.64 Å². The van der Waals surface area contributed by atoms with Crippen LogP contribution in [0.2, 0.25) is 0 Å². The van der Waals surface area contributed by atoms with E-state index >= 15 is 0 Å². The van der Waals surface area contributed by atoms with Crippen LogP contribution in [-0.2, 0) is 4.79 Å². The van der Waals surface area contributed by atoms with Crippen molar-refractivity contribution in [3.8, 4) is 5.75 Å². The first-order valence-corrected chi connectivity index (χ1v) is 6.38. The maximum absolute atomic E-state index is 13.6. The number of ether oxygens (including phenoxy) is 1. The molecule has 2 rings (SSSR count). The predicted octanol–water partition coefficient (Wildman–Crippen LogP) is 2.04. The maximum atomic E-state index is 13.6. The molecule has 114 valence electrons. The van der Waals surface area contributed by atoms with Gasteiger partial charge in [-0.3, -0.25) is 10.1 Å². The fourth-order valence-electron chi connectivity index (χ4n) is 2.66. The predicted molar refractivity (Wildman–Crippen MR) is 72.2 cm³/mol. The van der Waals surface area contributed by atoms with Crippen LogP contribution in [0, 0.1) is 21.8 Å². The van der Waals surface area contributed by atoms with Crippen molar-refractivity contribution >= 4 is 17.3 Å². The van der Waals surface area contributed by atoms with E-state index in [1.54, 1.807) is 6.92 Å². The van der Waals surface area contributed by atoms with Gasteiger partial charge in [-0.2, -0.15) is 0 Å². The second-order valence-electron chi connectivity index (χ2n) is 4.98. The molecule has 7 nitrogen and oxygen atoms in total. The highest BCUT2D eigenvalue weighted by Gasteiger charge is 2.40. The second-order valence-corrected chi connectivity index (χ2v) is 4.98. The molecule has 1 N–H and O–H groups in total. The van der Waals surface area contributed by atoms with Gasteiger partial charge in [-0.15, -0.1) is 0 Å². The quantitative estimate of drug-likeness (QED) is 0.675. The highest BCUT2D eigenvalue weighted by Crippen LogP contribution is 2.39. The van der Waals surface area contributed by atoms with Gasteiger partial charge in [0.05, 0.1) is 18.1 Å². The van der Waals surface area contributed by atoms with Crippen molar-refractivity contribution in [2.45, 2.75) is 19.4 Å². The zero-order chi connectivity index (χ0) is 15.7. The Hall–Kier alpha value is -2.38. The molecule has 1 aliphatic heterocycles. The Bertz CT molecular complexity index is 592. The third-order valence-corrected chi connectivity index (χ3v) is 3.71. The average molecular weight is 298 g/mol. The molecule has 2 atom stereocenters. The molecular formula is C13H15FN2O5. The lowest BCUT2D eigenvalue weighted by Gasteiger charge is -2.25. The van der Waals surface area contributed by atoms with E-state index in [1.807, 2.05) is 0 Å². The number of hydrogen-bond donors (Lipinski definition) is 1. The van der Waals surface area contributed by atoms with Crippen LogP contribution >= 0.6 is 0 Å². The van der Waals surface area contributed by atoms with Gasteiger partial charge in [0.25, 0.3) is 5.69 Å². The van der Waals surface area contributed by atoms with Gasteiger partial charge in [-0.05, 0) is 12.3 Å². The lowest BCUT2D eigenvalue weighted by Crippen LogP contribution is -2.39. The number of methoxy groups -OCH3 is 1. The molecule has 0 amide bonds. The minimum absolute atomic E-state index is 0.0648. The lowest BCUT2D eigenvalue weighted by molar-refractivity contribution is -0.384. The fraction of sp³-hybridized carbons (Fsp3) is 0.462. The summed E-state index contributed by atoms with van der Waals surface area (Å²) in [5.74, 6) is -2.22. The zero-order valence-electron chi connectivity index (χ0n) is 11.6. The van der Waals surface area contributed by atoms with Crippen molar-refractivity contribution in [1.82, 2.24) is 0 Å². The first kappa shape index (κ1) is 15.0. The van der Waals surface area contributed by atoms with Crippen LogP contribution in [0.1, 0.15) is 13.3 Å². The Kier molecular flexibility index (Phi) is 3.97. The summed E-state index contributed by atoms with van der Waals surface area (Å²) >= 11 is 0. The number of aliphatic carboxylic acids is 1. The van der Waals surface area contributed by atoms with E-state index in [0.29, 0.717) is 13.0 Å². The lowest BCUT2D eigenvalue weighted by atomic mass is 10.0. The number of rotatable bonds is 4. The van der Waals surface area contributed by atoms with Gasteiger partial charge in [0, 0.05) is 12.6 Å². The minimum Gasteiger partial charge on any atom is -0.494 e. The number of nitro groups is 1. The molecule has 1 aliphatic rings. The van der Waals surface area contributed by atoms with Gasteiger partial charge in [0.15, 0.2) is 11.6 Å². The molecule has 1 aromatic carbocycles. The Morgan fingerprint density at radius 3 is 2.76 bits per heavy atom. The summed E-state index contributed by atoms with van der Waals surface area (Å²) < 4.78 is 18.5. The maximum Gasteiger partial charge on any atom is 0.326 e. The molecule has 1 fully saturated rings. The van der Waals surface area contributed by atoms with Crippen LogP contribution in [0.5, 0.6) is 5.75 Å². The Balaban J connectivity index is 2.56. The molecule has 0 bridgehead atoms. The number of nitro benzene ring substituents is 1. The number of hydrogen-bond acceptors (Lipinski definition) is 5. The number of nitrogens with zero attached hydrogens (tertiary/aromatic N) is 2. The van der Waals surface area contributed by atoms with Gasteiger partial charge in [-0.1, -0.05) is 6.92 Å². The highest BCUT2D eigenvalue weighted by molar-refractivity contribution is 5.81. The molecule has 0 aromatic heterocycles. The number of benzene rings is 1. The molecule has 2 unspecified atom stereocenters. The van der Waals surface area contributed by atoms with Crippen molar-refractivity contribution < 1.29 is 24.0 Å². The van der Waals surface area contributed by atoms with E-state index in [1.165, 1.54) is 18.1 Å². The summed E-state index contributed by atoms with van der Waals surface area (Å²) in [4.78, 5) is 23.2. The van der Waals surface area contributed by atoms with Crippen molar-refractivity contribution in [3.05, 3.63) is 28.1 Å². The van der Waals surface area contributed by atoms with Gasteiger partial charge in [-0.25, -0.2) is 9.18 Å². The van der Waals surface area contributed by atoms with Crippen LogP contribution in [0.25, 0.3) is 0 Å². The standard InChI is InChI=1S/C13H15FN2O5/c1-7-3-4-15(12(7)13(17)18)9-6-11(21-2)8(14)5-10(9)16(19)20/h5-7,12H,3-4H2,1-2H3,(H,17,18). The van der Waals surface area contributed by atoms with Crippen LogP contribution in [0.15, 0.2) is 12.1 Å². The highest BCUT2D eigenvalue weighted by atomic mass is 19.1. The number of carbonyl (C=O) groups is 1. The molecule has 8 heteroatoms. The Morgan fingerprint density at radius 1 is 1.57 bits per heavy atom. The monoisotopic (exact) mass is 298 g/mol. The number of carboxylic acid groups (broad SMARTS) is 1. The number of halogens is 1. The Labute approximate surface area is 120 Å². The topological polar surface area (TPSA) is 92.9 Å². The molecule has 1 heterocycles.